The molecule has 0 N–H and O–H groups in total. The van der Waals surface area contributed by atoms with Gasteiger partial charge in [-0.2, -0.15) is 8.78 Å². The van der Waals surface area contributed by atoms with Gasteiger partial charge >= 0.3 is 19.1 Å². The highest BCUT2D eigenvalue weighted by atomic mass is 35.7. The molecule has 0 spiro atoms. The van der Waals surface area contributed by atoms with Crippen molar-refractivity contribution in [2.45, 2.75) is 167 Å². The van der Waals surface area contributed by atoms with Gasteiger partial charge in [-0.15, -0.1) is 43.7 Å². The number of imidazole rings is 3. The molecule has 9 aromatic carbocycles. The highest BCUT2D eigenvalue weighted by Gasteiger charge is 2.70. The minimum atomic E-state index is -7.22. The zero-order valence-electron chi connectivity index (χ0n) is 77.1. The van der Waals surface area contributed by atoms with E-state index in [-0.39, 0.29) is 47.8 Å². The molecule has 0 unspecified atom stereocenters. The van der Waals surface area contributed by atoms with Gasteiger partial charge in [-0.1, -0.05) is 0 Å². The summed E-state index contributed by atoms with van der Waals surface area (Å²) in [5.74, 6) is -142. The SMILES string of the molecule is COc1ccc(C(F)(F)N(c2n(C(C)C)c(C)c(C)[n+]2C(C)C)[P+](Cl)(N=c2n(C(C)C)c(C)c(C)n2C(C)C)N=c2n(C(C)C)c(C)c(C)n2C(C)C)cc1.Fc1c(F)c(F)c([B-](c2c(F)c(F)c(F)c(F)c2F)(c2c(F)c(F)c(F)c(F)c2F)c2c(F)c(F)c(F)c(F)c2F)c(F)c1F.Fc1c(F)c(F)c([B-](c2c(F)c(F)c(F)c(F)c2F)(c2c(F)c(F)c(F)c(F)c2F)c2c(F)c(F)c(F)c(F)c2F)c(F)c1F. The summed E-state index contributed by atoms with van der Waals surface area (Å²) in [7, 11) is -2.80. The topological polar surface area (TPSA) is 65.7 Å². The van der Waals surface area contributed by atoms with E-state index in [1.165, 1.54) is 19.2 Å². The summed E-state index contributed by atoms with van der Waals surface area (Å²) in [6, 6.07) is 1.61. The fraction of sp³-hybridized carbons (Fsp3) is 0.292. The zero-order valence-corrected chi connectivity index (χ0v) is 78.7. The molecule has 0 saturated carbocycles. The maximum absolute atomic E-state index is 18.5. The quantitative estimate of drug-likeness (QED) is 0.0137. The summed E-state index contributed by atoms with van der Waals surface area (Å²) in [6.07, 6.45) is -14.4. The van der Waals surface area contributed by atoms with Crippen LogP contribution in [0.4, 0.5) is 190 Å². The van der Waals surface area contributed by atoms with Gasteiger partial charge < -0.3 is 23.0 Å². The van der Waals surface area contributed by atoms with E-state index >= 15 is 79.0 Å². The Morgan fingerprint density at radius 1 is 0.269 bits per heavy atom. The predicted octanol–water partition coefficient (Wildman–Crippen LogP) is 22.7. The molecule has 0 aliphatic rings. The van der Waals surface area contributed by atoms with Crippen LogP contribution in [0.25, 0.3) is 0 Å². The molecule has 0 amide bonds. The van der Waals surface area contributed by atoms with Crippen molar-refractivity contribution >= 4 is 80.3 Å². The number of methoxy groups -OCH3 is 1. The number of nitrogens with zero attached hydrogens (tertiary/aromatic N) is 9. The molecule has 786 valence electrons. The lowest BCUT2D eigenvalue weighted by Crippen LogP contribution is -2.81. The van der Waals surface area contributed by atoms with E-state index in [9.17, 15) is 105 Å². The molecule has 56 heteroatoms. The maximum atomic E-state index is 18.5. The van der Waals surface area contributed by atoms with Crippen molar-refractivity contribution < 1.29 is 194 Å². The van der Waals surface area contributed by atoms with Crippen LogP contribution in [0, 0.1) is 274 Å². The lowest BCUT2D eigenvalue weighted by atomic mass is 9.12. The van der Waals surface area contributed by atoms with Crippen LogP contribution in [-0.2, 0) is 6.05 Å². The van der Waals surface area contributed by atoms with E-state index in [4.69, 9.17) is 25.5 Å². The number of halogens is 43. The molecule has 0 aliphatic heterocycles. The van der Waals surface area contributed by atoms with Crippen molar-refractivity contribution in [1.29, 1.82) is 0 Å². The number of rotatable bonds is 21. The zero-order chi connectivity index (χ0) is 111. The van der Waals surface area contributed by atoms with E-state index in [2.05, 4.69) is 101 Å². The Balaban J connectivity index is 0.000000225. The lowest BCUT2D eigenvalue weighted by molar-refractivity contribution is -0.709. The molecule has 0 saturated heterocycles. The van der Waals surface area contributed by atoms with Crippen LogP contribution < -0.4 is 68.9 Å². The molecule has 145 heavy (non-hydrogen) atoms. The van der Waals surface area contributed by atoms with Crippen LogP contribution >= 0.6 is 18.3 Å². The molecule has 0 atom stereocenters. The predicted molar refractivity (Wildman–Crippen MR) is 442 cm³/mol. The molecular formula is C89H67B2ClF42N9OP. The van der Waals surface area contributed by atoms with Gasteiger partial charge in [0.15, 0.2) is 151 Å². The van der Waals surface area contributed by atoms with Crippen molar-refractivity contribution in [3.63, 3.8) is 0 Å². The van der Waals surface area contributed by atoms with E-state index in [0.29, 0.717) is 17.0 Å². The number of anilines is 1. The molecule has 12 aromatic rings. The summed E-state index contributed by atoms with van der Waals surface area (Å²) < 4.78 is 655. The summed E-state index contributed by atoms with van der Waals surface area (Å²) in [6.45, 7) is 36.9. The molecule has 0 aliphatic carbocycles. The Hall–Kier alpha value is -12.3. The van der Waals surface area contributed by atoms with Crippen LogP contribution in [0.5, 0.6) is 5.75 Å². The van der Waals surface area contributed by atoms with Gasteiger partial charge in [0.1, 0.15) is 123 Å². The van der Waals surface area contributed by atoms with Crippen molar-refractivity contribution in [2.24, 2.45) is 9.53 Å². The summed E-state index contributed by atoms with van der Waals surface area (Å²) in [5.41, 5.74) is -22.2. The third-order valence-electron chi connectivity index (χ3n) is 24.1. The Morgan fingerprint density at radius 3 is 0.572 bits per heavy atom. The number of ether oxygens (including phenoxy) is 1. The Kier molecular flexibility index (Phi) is 32.3. The van der Waals surface area contributed by atoms with E-state index in [0.717, 1.165) is 38.8 Å². The number of aromatic nitrogens is 6. The number of alkyl halides is 2. The van der Waals surface area contributed by atoms with Gasteiger partial charge in [0.05, 0.1) is 24.8 Å². The first-order valence-electron chi connectivity index (χ1n) is 41.5. The van der Waals surface area contributed by atoms with Gasteiger partial charge in [-0.25, -0.2) is 185 Å². The van der Waals surface area contributed by atoms with Crippen molar-refractivity contribution in [3.05, 3.63) is 308 Å². The fourth-order valence-electron chi connectivity index (χ4n) is 17.8. The van der Waals surface area contributed by atoms with Crippen LogP contribution in [0.15, 0.2) is 33.8 Å². The standard InChI is InChI=1S/C41H67ClF2N9OP.2C24BF20/c1-24(2)47-30(13)31(14)48(25(3)4)38(47)45-55(42,46-39-49(26(5)6)32(15)33(16)50(39)27(7)8)53(41(43,44)36-20-22-37(54-19)23-21-36)40-51(28(9)10)34(17)35(18)52(40)29(11)12;2*26-5-1(6(27)14(35)21(42)13(5)34)25(2-7(28)15(36)22(43)16(37)8(2)29,3-9(30)17(38)23(44)18(39)10(3)31)4-11(32)19(40)24(45)20(41)12(4)33/h20-29H,1-19H3;;/q+2;2*-1. The molecule has 0 bridgehead atoms. The summed E-state index contributed by atoms with van der Waals surface area (Å²) >= 11 is 8.27. The average Bonchev–Trinajstić information content (AvgIpc) is 1.58. The van der Waals surface area contributed by atoms with Crippen molar-refractivity contribution in [3.8, 4) is 5.75 Å². The molecule has 12 rings (SSSR count). The van der Waals surface area contributed by atoms with Crippen LogP contribution in [0.3, 0.4) is 0 Å². The average molecular weight is 2160 g/mol. The number of hydrogen-bond donors (Lipinski definition) is 0. The first kappa shape index (κ1) is 115. The number of hydrogen-bond acceptors (Lipinski definition) is 4. The van der Waals surface area contributed by atoms with Gasteiger partial charge in [-0.05, 0) is 158 Å². The van der Waals surface area contributed by atoms with Crippen molar-refractivity contribution in [2.75, 3.05) is 11.8 Å². The fourth-order valence-corrected chi connectivity index (χ4v) is 20.6. The minimum absolute atomic E-state index is 0.0488. The smallest absolute Gasteiger partial charge is 0.497 e. The summed E-state index contributed by atoms with van der Waals surface area (Å²) in [5, 5.41) is 0. The van der Waals surface area contributed by atoms with E-state index in [1.807, 2.05) is 50.7 Å². The molecule has 0 fully saturated rings. The van der Waals surface area contributed by atoms with Gasteiger partial charge in [-0.3, -0.25) is 0 Å². The van der Waals surface area contributed by atoms with E-state index < -0.39 is 302 Å². The molecular weight excluding hydrogens is 2100 g/mol. The van der Waals surface area contributed by atoms with Gasteiger partial charge in [0.2, 0.25) is 0 Å². The second kappa shape index (κ2) is 40.9. The lowest BCUT2D eigenvalue weighted by Gasteiger charge is -2.44. The maximum Gasteiger partial charge on any atom is 0.508 e. The third-order valence-corrected chi connectivity index (χ3v) is 26.8. The first-order chi connectivity index (χ1) is 66.8. The normalized spacial score (nSPS) is 12.3. The highest BCUT2D eigenvalue weighted by Crippen LogP contribution is 2.74. The first-order valence-corrected chi connectivity index (χ1v) is 44.1. The number of benzene rings is 9. The molecule has 0 radical (unpaired) electrons. The largest absolute Gasteiger partial charge is 0.508 e. The Labute approximate surface area is 795 Å². The van der Waals surface area contributed by atoms with Crippen LogP contribution in [0.2, 0.25) is 0 Å². The van der Waals surface area contributed by atoms with Gasteiger partial charge in [0, 0.05) is 51.6 Å². The van der Waals surface area contributed by atoms with Crippen LogP contribution in [-0.4, -0.2) is 42.2 Å². The Bertz CT molecular complexity index is 6230. The van der Waals surface area contributed by atoms with Crippen LogP contribution in [0.1, 0.15) is 159 Å². The molecule has 10 nitrogen and oxygen atoms in total. The summed E-state index contributed by atoms with van der Waals surface area (Å²) in [4.78, 5) is 0. The second-order valence-electron chi connectivity index (χ2n) is 34.1. The highest BCUT2D eigenvalue weighted by molar-refractivity contribution is 7.97. The monoisotopic (exact) mass is 2160 g/mol. The van der Waals surface area contributed by atoms with E-state index in [1.54, 1.807) is 12.1 Å². The molecule has 3 aromatic heterocycles. The second-order valence-corrected chi connectivity index (χ2v) is 37.2. The molecule has 3 heterocycles. The van der Waals surface area contributed by atoms with Gasteiger partial charge in [0.25, 0.3) is 11.2 Å². The third kappa shape index (κ3) is 17.5. The minimum Gasteiger partial charge on any atom is -0.497 e. The van der Waals surface area contributed by atoms with Crippen molar-refractivity contribution in [1.82, 2.24) is 22.8 Å². The Morgan fingerprint density at radius 2 is 0.428 bits per heavy atom.